The Labute approximate surface area is 87.9 Å². The highest BCUT2D eigenvalue weighted by atomic mass is 19.1. The standard InChI is InChI=1S/C8H7F2N5O/c1-14-8(16)15(13-12-14)7-4(9)2-3-5(11)6(7)10/h2-3H,11H2,1H3. The fraction of sp³-hybridized carbons (Fsp3) is 0.125. The molecular weight excluding hydrogens is 220 g/mol. The van der Waals surface area contributed by atoms with Crippen molar-refractivity contribution < 1.29 is 8.78 Å². The van der Waals surface area contributed by atoms with Crippen LogP contribution in [0, 0.1) is 11.6 Å². The van der Waals surface area contributed by atoms with Crippen molar-refractivity contribution in [1.29, 1.82) is 0 Å². The number of hydrogen-bond donors (Lipinski definition) is 1. The summed E-state index contributed by atoms with van der Waals surface area (Å²) >= 11 is 0. The molecule has 1 heterocycles. The van der Waals surface area contributed by atoms with Crippen LogP contribution in [-0.4, -0.2) is 19.8 Å². The number of anilines is 1. The van der Waals surface area contributed by atoms with E-state index in [4.69, 9.17) is 5.73 Å². The zero-order valence-electron chi connectivity index (χ0n) is 8.19. The summed E-state index contributed by atoms with van der Waals surface area (Å²) in [5, 5.41) is 6.68. The summed E-state index contributed by atoms with van der Waals surface area (Å²) in [7, 11) is 1.31. The second-order valence-corrected chi connectivity index (χ2v) is 3.10. The van der Waals surface area contributed by atoms with Crippen molar-refractivity contribution in [2.24, 2.45) is 7.05 Å². The van der Waals surface area contributed by atoms with E-state index in [-0.39, 0.29) is 5.69 Å². The monoisotopic (exact) mass is 227 g/mol. The first kappa shape index (κ1) is 10.3. The Morgan fingerprint density at radius 3 is 2.56 bits per heavy atom. The van der Waals surface area contributed by atoms with Crippen LogP contribution in [0.3, 0.4) is 0 Å². The van der Waals surface area contributed by atoms with Crippen LogP contribution >= 0.6 is 0 Å². The number of nitrogens with zero attached hydrogens (tertiary/aromatic N) is 4. The van der Waals surface area contributed by atoms with Gasteiger partial charge in [0.2, 0.25) is 0 Å². The second-order valence-electron chi connectivity index (χ2n) is 3.10. The predicted molar refractivity (Wildman–Crippen MR) is 50.9 cm³/mol. The van der Waals surface area contributed by atoms with Gasteiger partial charge < -0.3 is 5.73 Å². The first-order valence-corrected chi connectivity index (χ1v) is 4.25. The van der Waals surface area contributed by atoms with Gasteiger partial charge in [-0.15, -0.1) is 0 Å². The molecule has 2 aromatic rings. The minimum Gasteiger partial charge on any atom is -0.396 e. The number of tetrazole rings is 1. The van der Waals surface area contributed by atoms with Gasteiger partial charge in [0.1, 0.15) is 5.69 Å². The van der Waals surface area contributed by atoms with Crippen LogP contribution < -0.4 is 11.4 Å². The van der Waals surface area contributed by atoms with Crippen LogP contribution in [0.15, 0.2) is 16.9 Å². The molecule has 16 heavy (non-hydrogen) atoms. The number of aromatic nitrogens is 4. The third kappa shape index (κ3) is 1.35. The number of nitrogen functional groups attached to an aromatic ring is 1. The molecule has 84 valence electrons. The van der Waals surface area contributed by atoms with E-state index in [0.717, 1.165) is 16.8 Å². The number of nitrogens with two attached hydrogens (primary N) is 1. The molecule has 0 unspecified atom stereocenters. The van der Waals surface area contributed by atoms with E-state index in [0.29, 0.717) is 4.68 Å². The van der Waals surface area contributed by atoms with Crippen molar-refractivity contribution >= 4 is 5.69 Å². The fourth-order valence-corrected chi connectivity index (χ4v) is 1.20. The molecule has 1 aromatic carbocycles. The lowest BCUT2D eigenvalue weighted by Crippen LogP contribution is -2.23. The van der Waals surface area contributed by atoms with Crippen LogP contribution in [0.5, 0.6) is 0 Å². The molecule has 0 atom stereocenters. The molecule has 0 aliphatic rings. The molecule has 0 fully saturated rings. The van der Waals surface area contributed by atoms with E-state index in [9.17, 15) is 13.6 Å². The Hall–Kier alpha value is -2.25. The molecule has 0 saturated carbocycles. The van der Waals surface area contributed by atoms with Crippen molar-refractivity contribution in [3.8, 4) is 5.69 Å². The molecular formula is C8H7F2N5O. The number of aryl methyl sites for hydroxylation is 1. The molecule has 0 aliphatic heterocycles. The molecule has 2 rings (SSSR count). The van der Waals surface area contributed by atoms with Crippen LogP contribution in [0.2, 0.25) is 0 Å². The number of hydrogen-bond acceptors (Lipinski definition) is 4. The van der Waals surface area contributed by atoms with Crippen molar-refractivity contribution in [1.82, 2.24) is 19.8 Å². The van der Waals surface area contributed by atoms with Crippen molar-refractivity contribution in [3.05, 3.63) is 34.3 Å². The van der Waals surface area contributed by atoms with Crippen LogP contribution in [0.25, 0.3) is 5.69 Å². The first-order valence-electron chi connectivity index (χ1n) is 4.25. The average molecular weight is 227 g/mol. The Balaban J connectivity index is 2.79. The van der Waals surface area contributed by atoms with Gasteiger partial charge in [-0.25, -0.2) is 13.6 Å². The van der Waals surface area contributed by atoms with Crippen molar-refractivity contribution in [2.45, 2.75) is 0 Å². The van der Waals surface area contributed by atoms with Gasteiger partial charge in [0.25, 0.3) is 0 Å². The Bertz CT molecular complexity index is 603. The summed E-state index contributed by atoms with van der Waals surface area (Å²) in [5.74, 6) is -1.98. The summed E-state index contributed by atoms with van der Waals surface area (Å²) in [6, 6.07) is 2.02. The molecule has 0 bridgehead atoms. The molecule has 1 aromatic heterocycles. The summed E-state index contributed by atoms with van der Waals surface area (Å²) in [4.78, 5) is 11.4. The summed E-state index contributed by atoms with van der Waals surface area (Å²) in [5.41, 5.74) is 3.61. The molecule has 6 nitrogen and oxygen atoms in total. The Kier molecular flexibility index (Phi) is 2.18. The van der Waals surface area contributed by atoms with Crippen LogP contribution in [0.4, 0.5) is 14.5 Å². The number of benzene rings is 1. The lowest BCUT2D eigenvalue weighted by Gasteiger charge is -2.04. The predicted octanol–water partition coefficient (Wildman–Crippen LogP) is -0.174. The SMILES string of the molecule is Cn1nnn(-c2c(F)ccc(N)c2F)c1=O. The molecule has 0 radical (unpaired) electrons. The summed E-state index contributed by atoms with van der Waals surface area (Å²) in [6.07, 6.45) is 0. The molecule has 0 saturated heterocycles. The van der Waals surface area contributed by atoms with Gasteiger partial charge in [-0.2, -0.15) is 9.36 Å². The summed E-state index contributed by atoms with van der Waals surface area (Å²) in [6.45, 7) is 0. The fourth-order valence-electron chi connectivity index (χ4n) is 1.20. The van der Waals surface area contributed by atoms with E-state index in [2.05, 4.69) is 10.4 Å². The van der Waals surface area contributed by atoms with E-state index in [1.54, 1.807) is 0 Å². The van der Waals surface area contributed by atoms with E-state index in [1.165, 1.54) is 7.05 Å². The quantitative estimate of drug-likeness (QED) is 0.686. The smallest absolute Gasteiger partial charge is 0.368 e. The van der Waals surface area contributed by atoms with Gasteiger partial charge in [-0.05, 0) is 22.6 Å². The Morgan fingerprint density at radius 1 is 1.31 bits per heavy atom. The lowest BCUT2D eigenvalue weighted by molar-refractivity contribution is 0.556. The normalized spacial score (nSPS) is 10.7. The minimum atomic E-state index is -1.04. The zero-order chi connectivity index (χ0) is 11.9. The molecule has 0 spiro atoms. The highest BCUT2D eigenvalue weighted by molar-refractivity contribution is 5.50. The maximum Gasteiger partial charge on any atom is 0.368 e. The molecule has 2 N–H and O–H groups in total. The van der Waals surface area contributed by atoms with Crippen molar-refractivity contribution in [3.63, 3.8) is 0 Å². The van der Waals surface area contributed by atoms with E-state index >= 15 is 0 Å². The van der Waals surface area contributed by atoms with Crippen molar-refractivity contribution in [2.75, 3.05) is 5.73 Å². The van der Waals surface area contributed by atoms with Gasteiger partial charge in [-0.3, -0.25) is 0 Å². The van der Waals surface area contributed by atoms with Gasteiger partial charge in [0, 0.05) is 7.05 Å². The molecule has 0 aliphatic carbocycles. The first-order chi connectivity index (χ1) is 7.52. The lowest BCUT2D eigenvalue weighted by atomic mass is 10.2. The average Bonchev–Trinajstić information content (AvgIpc) is 2.56. The molecule has 0 amide bonds. The van der Waals surface area contributed by atoms with Gasteiger partial charge in [-0.1, -0.05) is 0 Å². The Morgan fingerprint density at radius 2 is 2.00 bits per heavy atom. The van der Waals surface area contributed by atoms with E-state index < -0.39 is 23.0 Å². The van der Waals surface area contributed by atoms with E-state index in [1.807, 2.05) is 0 Å². The van der Waals surface area contributed by atoms with Gasteiger partial charge in [0.05, 0.1) is 5.69 Å². The van der Waals surface area contributed by atoms with Gasteiger partial charge >= 0.3 is 5.69 Å². The third-order valence-corrected chi connectivity index (χ3v) is 2.03. The maximum atomic E-state index is 13.5. The largest absolute Gasteiger partial charge is 0.396 e. The van der Waals surface area contributed by atoms with Crippen LogP contribution in [0.1, 0.15) is 0 Å². The van der Waals surface area contributed by atoms with Crippen LogP contribution in [-0.2, 0) is 7.05 Å². The minimum absolute atomic E-state index is 0.269. The third-order valence-electron chi connectivity index (χ3n) is 2.03. The van der Waals surface area contributed by atoms with Gasteiger partial charge in [0.15, 0.2) is 11.6 Å². The highest BCUT2D eigenvalue weighted by Crippen LogP contribution is 2.20. The number of halogens is 2. The zero-order valence-corrected chi connectivity index (χ0v) is 8.19. The number of rotatable bonds is 1. The molecule has 8 heteroatoms. The summed E-state index contributed by atoms with van der Waals surface area (Å²) < 4.78 is 28.3. The second kappa shape index (κ2) is 3.40. The maximum absolute atomic E-state index is 13.5. The highest BCUT2D eigenvalue weighted by Gasteiger charge is 2.18. The topological polar surface area (TPSA) is 78.7 Å².